The molecule has 0 aliphatic carbocycles. The summed E-state index contributed by atoms with van der Waals surface area (Å²) < 4.78 is 5.54. The van der Waals surface area contributed by atoms with E-state index in [1.165, 1.54) is 129 Å². The highest BCUT2D eigenvalue weighted by molar-refractivity contribution is 5.68. The summed E-state index contributed by atoms with van der Waals surface area (Å²) in [6.07, 6.45) is 26.5. The standard InChI is InChI=1S/C32H62N2O2/c1-5-6-7-8-9-10-11-12-13-14-15-16-17-24-33-25-20-29(21-26-33)18-19-30-22-27-34(28-23-30)31(35)36-32(2,3)4/h29-30H,5-28H2,1-4H3. The molecule has 2 fully saturated rings. The van der Waals surface area contributed by atoms with Gasteiger partial charge in [-0.25, -0.2) is 4.79 Å². The molecule has 0 radical (unpaired) electrons. The number of nitrogens with zero attached hydrogens (tertiary/aromatic N) is 2. The minimum atomic E-state index is -0.393. The molecule has 0 aromatic rings. The van der Waals surface area contributed by atoms with Crippen molar-refractivity contribution in [1.82, 2.24) is 9.80 Å². The Morgan fingerprint density at radius 2 is 1.08 bits per heavy atom. The van der Waals surface area contributed by atoms with Crippen molar-refractivity contribution < 1.29 is 9.53 Å². The molecule has 0 N–H and O–H groups in total. The molecule has 4 nitrogen and oxygen atoms in total. The molecule has 2 aliphatic heterocycles. The van der Waals surface area contributed by atoms with Gasteiger partial charge in [0.05, 0.1) is 0 Å². The van der Waals surface area contributed by atoms with Crippen molar-refractivity contribution in [3.63, 3.8) is 0 Å². The Morgan fingerprint density at radius 1 is 0.667 bits per heavy atom. The Balaban J connectivity index is 1.38. The van der Waals surface area contributed by atoms with Gasteiger partial charge in [0, 0.05) is 13.1 Å². The second-order valence-electron chi connectivity index (χ2n) is 13.0. The van der Waals surface area contributed by atoms with Gasteiger partial charge in [-0.3, -0.25) is 0 Å². The van der Waals surface area contributed by atoms with Crippen molar-refractivity contribution in [3.05, 3.63) is 0 Å². The average molecular weight is 507 g/mol. The maximum atomic E-state index is 12.3. The van der Waals surface area contributed by atoms with Gasteiger partial charge in [0.15, 0.2) is 0 Å². The van der Waals surface area contributed by atoms with Crippen LogP contribution in [0.25, 0.3) is 0 Å². The van der Waals surface area contributed by atoms with Gasteiger partial charge in [0.1, 0.15) is 5.60 Å². The lowest BCUT2D eigenvalue weighted by atomic mass is 9.85. The van der Waals surface area contributed by atoms with Gasteiger partial charge in [-0.05, 0) is 84.3 Å². The number of amides is 1. The molecule has 0 atom stereocenters. The van der Waals surface area contributed by atoms with E-state index in [1.54, 1.807) is 0 Å². The molecule has 0 spiro atoms. The highest BCUT2D eigenvalue weighted by atomic mass is 16.6. The molecule has 2 rings (SSSR count). The lowest BCUT2D eigenvalue weighted by molar-refractivity contribution is 0.0178. The van der Waals surface area contributed by atoms with E-state index in [0.717, 1.165) is 37.8 Å². The van der Waals surface area contributed by atoms with E-state index in [2.05, 4.69) is 11.8 Å². The number of carbonyl (C=O) groups is 1. The van der Waals surface area contributed by atoms with Crippen LogP contribution in [0.15, 0.2) is 0 Å². The first-order valence-electron chi connectivity index (χ1n) is 16.1. The minimum Gasteiger partial charge on any atom is -0.444 e. The number of ether oxygens (including phenoxy) is 1. The van der Waals surface area contributed by atoms with Crippen molar-refractivity contribution in [2.75, 3.05) is 32.7 Å². The lowest BCUT2D eigenvalue weighted by Crippen LogP contribution is -2.41. The number of piperidine rings is 2. The minimum absolute atomic E-state index is 0.128. The predicted octanol–water partition coefficient (Wildman–Crippen LogP) is 9.22. The average Bonchev–Trinajstić information content (AvgIpc) is 2.85. The third kappa shape index (κ3) is 14.8. The maximum Gasteiger partial charge on any atom is 0.410 e. The van der Waals surface area contributed by atoms with Crippen molar-refractivity contribution in [1.29, 1.82) is 0 Å². The molecular weight excluding hydrogens is 444 g/mol. The van der Waals surface area contributed by atoms with E-state index >= 15 is 0 Å². The quantitative estimate of drug-likeness (QED) is 0.184. The van der Waals surface area contributed by atoms with Crippen molar-refractivity contribution in [2.24, 2.45) is 11.8 Å². The molecular formula is C32H62N2O2. The van der Waals surface area contributed by atoms with E-state index in [9.17, 15) is 4.79 Å². The van der Waals surface area contributed by atoms with Gasteiger partial charge >= 0.3 is 6.09 Å². The Morgan fingerprint density at radius 3 is 1.53 bits per heavy atom. The largest absolute Gasteiger partial charge is 0.444 e. The van der Waals surface area contributed by atoms with Crippen LogP contribution in [-0.2, 0) is 4.74 Å². The first kappa shape index (κ1) is 31.4. The van der Waals surface area contributed by atoms with Crippen LogP contribution >= 0.6 is 0 Å². The zero-order chi connectivity index (χ0) is 26.1. The third-order valence-corrected chi connectivity index (χ3v) is 8.53. The van der Waals surface area contributed by atoms with E-state index in [4.69, 9.17) is 4.74 Å². The summed E-state index contributed by atoms with van der Waals surface area (Å²) in [5.74, 6) is 1.73. The molecule has 4 heteroatoms. The normalized spacial score (nSPS) is 18.6. The van der Waals surface area contributed by atoms with Crippen LogP contribution in [0.4, 0.5) is 4.79 Å². The molecule has 2 saturated heterocycles. The van der Waals surface area contributed by atoms with Crippen LogP contribution in [0.3, 0.4) is 0 Å². The molecule has 2 heterocycles. The van der Waals surface area contributed by atoms with Gasteiger partial charge in [-0.1, -0.05) is 96.8 Å². The van der Waals surface area contributed by atoms with Gasteiger partial charge in [0.25, 0.3) is 0 Å². The summed E-state index contributed by atoms with van der Waals surface area (Å²) in [6.45, 7) is 13.8. The number of hydrogen-bond acceptors (Lipinski definition) is 3. The summed E-state index contributed by atoms with van der Waals surface area (Å²) >= 11 is 0. The topological polar surface area (TPSA) is 32.8 Å². The monoisotopic (exact) mass is 506 g/mol. The summed E-state index contributed by atoms with van der Waals surface area (Å²) in [5.41, 5.74) is -0.393. The second kappa shape index (κ2) is 18.5. The van der Waals surface area contributed by atoms with Crippen LogP contribution in [0.5, 0.6) is 0 Å². The van der Waals surface area contributed by atoms with Crippen molar-refractivity contribution in [2.45, 2.75) is 155 Å². The molecule has 2 aliphatic rings. The van der Waals surface area contributed by atoms with Crippen molar-refractivity contribution >= 4 is 6.09 Å². The van der Waals surface area contributed by atoms with E-state index in [0.29, 0.717) is 0 Å². The number of carbonyl (C=O) groups excluding carboxylic acids is 1. The Bertz CT molecular complexity index is 543. The molecule has 0 saturated carbocycles. The summed E-state index contributed by atoms with van der Waals surface area (Å²) in [7, 11) is 0. The second-order valence-corrected chi connectivity index (χ2v) is 13.0. The van der Waals surface area contributed by atoms with E-state index in [-0.39, 0.29) is 6.09 Å². The fraction of sp³-hybridized carbons (Fsp3) is 0.969. The number of hydrogen-bond donors (Lipinski definition) is 0. The molecule has 36 heavy (non-hydrogen) atoms. The van der Waals surface area contributed by atoms with Crippen LogP contribution in [-0.4, -0.2) is 54.2 Å². The fourth-order valence-electron chi connectivity index (χ4n) is 6.05. The van der Waals surface area contributed by atoms with Crippen LogP contribution < -0.4 is 0 Å². The molecule has 212 valence electrons. The maximum absolute atomic E-state index is 12.3. The SMILES string of the molecule is CCCCCCCCCCCCCCCN1CCC(CCC2CCN(C(=O)OC(C)(C)C)CC2)CC1. The molecule has 0 aromatic carbocycles. The highest BCUT2D eigenvalue weighted by Crippen LogP contribution is 2.29. The summed E-state index contributed by atoms with van der Waals surface area (Å²) in [5, 5.41) is 0. The molecule has 0 bridgehead atoms. The lowest BCUT2D eigenvalue weighted by Gasteiger charge is -2.35. The van der Waals surface area contributed by atoms with Gasteiger partial charge in [-0.15, -0.1) is 0 Å². The van der Waals surface area contributed by atoms with E-state index in [1.807, 2.05) is 25.7 Å². The summed E-state index contributed by atoms with van der Waals surface area (Å²) in [4.78, 5) is 16.9. The first-order valence-corrected chi connectivity index (χ1v) is 16.1. The third-order valence-electron chi connectivity index (χ3n) is 8.53. The van der Waals surface area contributed by atoms with Crippen molar-refractivity contribution in [3.8, 4) is 0 Å². The number of rotatable bonds is 17. The van der Waals surface area contributed by atoms with E-state index < -0.39 is 5.60 Å². The molecule has 0 unspecified atom stereocenters. The Labute approximate surface area is 225 Å². The van der Waals surface area contributed by atoms with Crippen LogP contribution in [0, 0.1) is 11.8 Å². The zero-order valence-corrected chi connectivity index (χ0v) is 24.8. The molecule has 0 aromatic heterocycles. The number of unbranched alkanes of at least 4 members (excludes halogenated alkanes) is 12. The highest BCUT2D eigenvalue weighted by Gasteiger charge is 2.27. The Kier molecular flexibility index (Phi) is 16.1. The van der Waals surface area contributed by atoms with Crippen LogP contribution in [0.2, 0.25) is 0 Å². The molecule has 1 amide bonds. The van der Waals surface area contributed by atoms with Gasteiger partial charge < -0.3 is 14.5 Å². The fourth-order valence-corrected chi connectivity index (χ4v) is 6.05. The smallest absolute Gasteiger partial charge is 0.410 e. The predicted molar refractivity (Wildman–Crippen MR) is 155 cm³/mol. The van der Waals surface area contributed by atoms with Crippen LogP contribution in [0.1, 0.15) is 150 Å². The first-order chi connectivity index (χ1) is 17.4. The number of likely N-dealkylation sites (tertiary alicyclic amines) is 2. The Hall–Kier alpha value is -0.770. The van der Waals surface area contributed by atoms with Gasteiger partial charge in [0.2, 0.25) is 0 Å². The van der Waals surface area contributed by atoms with Gasteiger partial charge in [-0.2, -0.15) is 0 Å². The summed E-state index contributed by atoms with van der Waals surface area (Å²) in [6, 6.07) is 0. The zero-order valence-electron chi connectivity index (χ0n) is 24.8.